The van der Waals surface area contributed by atoms with Crippen molar-refractivity contribution in [2.45, 2.75) is 70.5 Å². The largest absolute Gasteiger partial charge is 0.507 e. The quantitative estimate of drug-likeness (QED) is 0.275. The van der Waals surface area contributed by atoms with E-state index in [0.717, 1.165) is 39.6 Å². The van der Waals surface area contributed by atoms with E-state index in [2.05, 4.69) is 0 Å². The second-order valence-corrected chi connectivity index (χ2v) is 14.5. The summed E-state index contributed by atoms with van der Waals surface area (Å²) in [6.07, 6.45) is 1.89. The Morgan fingerprint density at radius 3 is 2.16 bits per heavy atom. The van der Waals surface area contributed by atoms with E-state index in [0.29, 0.717) is 30.6 Å². The van der Waals surface area contributed by atoms with Gasteiger partial charge in [-0.25, -0.2) is 9.59 Å². The summed E-state index contributed by atoms with van der Waals surface area (Å²) < 4.78 is 11.0. The Kier molecular flexibility index (Phi) is 7.43. The first-order chi connectivity index (χ1) is 21.1. The maximum absolute atomic E-state index is 12.5. The summed E-state index contributed by atoms with van der Waals surface area (Å²) in [6.45, 7) is 12.2. The molecule has 7 rings (SSSR count). The number of hydrogen-bond donors (Lipinski definition) is 1. The summed E-state index contributed by atoms with van der Waals surface area (Å²) in [4.78, 5) is 40.6. The molecule has 1 spiro atoms. The molecule has 1 saturated heterocycles. The minimum absolute atomic E-state index is 0.0164. The van der Waals surface area contributed by atoms with Gasteiger partial charge in [0, 0.05) is 59.1 Å². The van der Waals surface area contributed by atoms with Gasteiger partial charge < -0.3 is 14.6 Å². The number of phenols is 1. The summed E-state index contributed by atoms with van der Waals surface area (Å²) in [6, 6.07) is 17.0. The third kappa shape index (κ3) is 5.43. The van der Waals surface area contributed by atoms with Crippen molar-refractivity contribution in [2.75, 3.05) is 23.9 Å². The SMILES string of the molecule is CC(C)(C)OC(=O)N1C[C@@H](CCl)c2c1cc(O)c1ccccc21.CC(C)(C)OC(=O)N1C[C@H]2C[C@@]23C1=CC(=O)c1ccccc13. The lowest BCUT2D eigenvalue weighted by Gasteiger charge is -2.31. The lowest BCUT2D eigenvalue weighted by molar-refractivity contribution is 0.0321. The molecular formula is C36H39ClN2O6. The number of phenolic OH excluding ortho intramolecular Hbond substituents is 1. The first-order valence-corrected chi connectivity index (χ1v) is 15.9. The summed E-state index contributed by atoms with van der Waals surface area (Å²) in [7, 11) is 0. The Morgan fingerprint density at radius 2 is 1.51 bits per heavy atom. The molecule has 2 heterocycles. The lowest BCUT2D eigenvalue weighted by atomic mass is 9.81. The summed E-state index contributed by atoms with van der Waals surface area (Å²) in [5.74, 6) is 0.965. The molecule has 236 valence electrons. The van der Waals surface area contributed by atoms with Crippen LogP contribution in [0.4, 0.5) is 15.3 Å². The number of amides is 2. The average molecular weight is 631 g/mol. The Labute approximate surface area is 268 Å². The van der Waals surface area contributed by atoms with Crippen LogP contribution in [0.15, 0.2) is 66.4 Å². The highest BCUT2D eigenvalue weighted by molar-refractivity contribution is 6.19. The van der Waals surface area contributed by atoms with Gasteiger partial charge in [0.1, 0.15) is 17.0 Å². The van der Waals surface area contributed by atoms with Crippen molar-refractivity contribution in [3.63, 3.8) is 0 Å². The van der Waals surface area contributed by atoms with Gasteiger partial charge in [0.25, 0.3) is 0 Å². The summed E-state index contributed by atoms with van der Waals surface area (Å²) in [5, 5.41) is 12.0. The number of carbonyl (C=O) groups is 3. The predicted octanol–water partition coefficient (Wildman–Crippen LogP) is 7.90. The maximum atomic E-state index is 12.5. The molecule has 9 heteroatoms. The molecule has 45 heavy (non-hydrogen) atoms. The summed E-state index contributed by atoms with van der Waals surface area (Å²) in [5.41, 5.74) is 3.12. The van der Waals surface area contributed by atoms with Gasteiger partial charge in [-0.2, -0.15) is 0 Å². The molecule has 2 aliphatic carbocycles. The first-order valence-electron chi connectivity index (χ1n) is 15.3. The van der Waals surface area contributed by atoms with Gasteiger partial charge in [-0.1, -0.05) is 48.5 Å². The molecule has 8 nitrogen and oxygen atoms in total. The minimum atomic E-state index is -0.574. The van der Waals surface area contributed by atoms with E-state index in [-0.39, 0.29) is 29.0 Å². The number of aromatic hydroxyl groups is 1. The number of hydrogen-bond acceptors (Lipinski definition) is 6. The maximum Gasteiger partial charge on any atom is 0.414 e. The number of carbonyl (C=O) groups excluding carboxylic acids is 3. The van der Waals surface area contributed by atoms with Crippen LogP contribution in [0.2, 0.25) is 0 Å². The lowest BCUT2D eigenvalue weighted by Crippen LogP contribution is -2.37. The number of alkyl halides is 1. The minimum Gasteiger partial charge on any atom is -0.507 e. The number of anilines is 1. The molecule has 3 aromatic carbocycles. The van der Waals surface area contributed by atoms with Crippen LogP contribution in [0.3, 0.4) is 0 Å². The number of benzene rings is 3. The fourth-order valence-corrected chi connectivity index (χ4v) is 7.17. The number of ketones is 1. The second-order valence-electron chi connectivity index (χ2n) is 14.2. The van der Waals surface area contributed by atoms with Crippen LogP contribution in [0.5, 0.6) is 5.75 Å². The van der Waals surface area contributed by atoms with Gasteiger partial charge in [0.2, 0.25) is 0 Å². The average Bonchev–Trinajstić information content (AvgIpc) is 3.40. The Bertz CT molecular complexity index is 1750. The molecule has 3 aromatic rings. The van der Waals surface area contributed by atoms with Crippen molar-refractivity contribution >= 4 is 46.0 Å². The van der Waals surface area contributed by atoms with E-state index in [4.69, 9.17) is 21.1 Å². The van der Waals surface area contributed by atoms with Crippen LogP contribution in [0, 0.1) is 5.92 Å². The highest BCUT2D eigenvalue weighted by Gasteiger charge is 2.67. The molecule has 2 amide bonds. The van der Waals surface area contributed by atoms with Crippen molar-refractivity contribution in [2.24, 2.45) is 5.92 Å². The van der Waals surface area contributed by atoms with Crippen LogP contribution >= 0.6 is 11.6 Å². The molecule has 2 aliphatic heterocycles. The van der Waals surface area contributed by atoms with Crippen LogP contribution in [0.1, 0.15) is 75.4 Å². The van der Waals surface area contributed by atoms with Gasteiger partial charge in [0.05, 0.1) is 5.69 Å². The Morgan fingerprint density at radius 1 is 0.911 bits per heavy atom. The first kappa shape index (κ1) is 31.0. The molecule has 2 fully saturated rings. The fourth-order valence-electron chi connectivity index (χ4n) is 6.92. The molecule has 1 N–H and O–H groups in total. The van der Waals surface area contributed by atoms with E-state index in [9.17, 15) is 19.5 Å². The van der Waals surface area contributed by atoms with Crippen molar-refractivity contribution in [3.05, 3.63) is 83.1 Å². The van der Waals surface area contributed by atoms with E-state index < -0.39 is 17.3 Å². The van der Waals surface area contributed by atoms with E-state index in [1.807, 2.05) is 90.1 Å². The van der Waals surface area contributed by atoms with Crippen molar-refractivity contribution < 1.29 is 29.0 Å². The van der Waals surface area contributed by atoms with Crippen LogP contribution in [-0.2, 0) is 14.9 Å². The van der Waals surface area contributed by atoms with Crippen LogP contribution < -0.4 is 4.90 Å². The summed E-state index contributed by atoms with van der Waals surface area (Å²) >= 11 is 6.14. The normalized spacial score (nSPS) is 22.8. The van der Waals surface area contributed by atoms with Crippen LogP contribution in [0.25, 0.3) is 10.8 Å². The number of ether oxygens (including phenoxy) is 2. The molecule has 0 unspecified atom stereocenters. The number of halogens is 1. The Balaban J connectivity index is 0.000000159. The molecule has 3 atom stereocenters. The highest BCUT2D eigenvalue weighted by Crippen LogP contribution is 2.66. The molecular weight excluding hydrogens is 592 g/mol. The zero-order valence-corrected chi connectivity index (χ0v) is 27.3. The van der Waals surface area contributed by atoms with Gasteiger partial charge in [-0.15, -0.1) is 11.6 Å². The fraction of sp³-hybridized carbons (Fsp3) is 0.417. The van der Waals surface area contributed by atoms with E-state index in [1.54, 1.807) is 21.9 Å². The van der Waals surface area contributed by atoms with Crippen molar-refractivity contribution in [3.8, 4) is 5.75 Å². The zero-order valence-electron chi connectivity index (χ0n) is 26.5. The highest BCUT2D eigenvalue weighted by atomic mass is 35.5. The Hall–Kier alpha value is -4.04. The number of likely N-dealkylation sites (tertiary alicyclic amines) is 1. The van der Waals surface area contributed by atoms with E-state index in [1.165, 1.54) is 0 Å². The number of fused-ring (bicyclic) bond motifs is 4. The molecule has 4 aliphatic rings. The van der Waals surface area contributed by atoms with Crippen LogP contribution in [-0.4, -0.2) is 58.1 Å². The number of rotatable bonds is 1. The van der Waals surface area contributed by atoms with Gasteiger partial charge in [-0.05, 0) is 70.4 Å². The van der Waals surface area contributed by atoms with Gasteiger partial charge >= 0.3 is 12.2 Å². The smallest absolute Gasteiger partial charge is 0.414 e. The monoisotopic (exact) mass is 630 g/mol. The van der Waals surface area contributed by atoms with Crippen molar-refractivity contribution in [1.82, 2.24) is 4.90 Å². The van der Waals surface area contributed by atoms with Gasteiger partial charge in [0.15, 0.2) is 5.78 Å². The molecule has 0 aromatic heterocycles. The predicted molar refractivity (Wildman–Crippen MR) is 174 cm³/mol. The topological polar surface area (TPSA) is 96.4 Å². The standard InChI is InChI=1S/C18H20ClNO3.C18H19NO3/c1-18(2,3)23-17(22)20-10-11(9-19)16-13-7-5-4-6-12(13)15(21)8-14(16)20;1-17(2,3)22-16(21)19-10-11-9-18(11)13-7-5-4-6-12(13)14(20)8-15(18)19/h4-8,11,21H,9-10H2,1-3H3;4-8,11H,9-10H2,1-3H3/t11-;11-,18-/m11/s1. The molecule has 1 saturated carbocycles. The third-order valence-corrected chi connectivity index (χ3v) is 9.13. The second kappa shape index (κ2) is 10.8. The van der Waals surface area contributed by atoms with E-state index >= 15 is 0 Å². The number of allylic oxidation sites excluding steroid dienone is 2. The number of nitrogens with zero attached hydrogens (tertiary/aromatic N) is 2. The zero-order chi connectivity index (χ0) is 32.5. The third-order valence-electron chi connectivity index (χ3n) is 8.76. The number of piperidine rings is 1. The van der Waals surface area contributed by atoms with Crippen molar-refractivity contribution in [1.29, 1.82) is 0 Å². The molecule has 0 bridgehead atoms. The van der Waals surface area contributed by atoms with Gasteiger partial charge in [-0.3, -0.25) is 14.6 Å². The molecule has 0 radical (unpaired) electrons.